The molecule has 0 spiro atoms. The van der Waals surface area contributed by atoms with Crippen molar-refractivity contribution in [3.05, 3.63) is 49.0 Å². The molecule has 11 unspecified atom stereocenters. The molecule has 0 aromatic rings. The molecule has 210 valence electrons. The van der Waals surface area contributed by atoms with Crippen LogP contribution in [0.4, 0.5) is 0 Å². The summed E-state index contributed by atoms with van der Waals surface area (Å²) >= 11 is 3.72. The number of fused-ring (bicyclic) bond motifs is 6. The van der Waals surface area contributed by atoms with Gasteiger partial charge in [0.25, 0.3) is 0 Å². The monoisotopic (exact) mass is 676 g/mol. The summed E-state index contributed by atoms with van der Waals surface area (Å²) in [4.78, 5) is 3.22. The zero-order valence-corrected chi connectivity index (χ0v) is 30.2. The minimum absolute atomic E-state index is 0. The van der Waals surface area contributed by atoms with Crippen molar-refractivity contribution in [2.45, 2.75) is 95.5 Å². The molecule has 0 radical (unpaired) electrons. The van der Waals surface area contributed by atoms with Gasteiger partial charge in [0.2, 0.25) is 0 Å². The van der Waals surface area contributed by atoms with Crippen LogP contribution in [0, 0.1) is 62.2 Å². The molecule has 6 heteroatoms. The predicted molar refractivity (Wildman–Crippen MR) is 173 cm³/mol. The van der Waals surface area contributed by atoms with Crippen molar-refractivity contribution in [1.29, 1.82) is 0 Å². The zero-order valence-electron chi connectivity index (χ0n) is 23.6. The molecule has 0 aromatic heterocycles. The summed E-state index contributed by atoms with van der Waals surface area (Å²) in [7, 11) is 8.40. The summed E-state index contributed by atoms with van der Waals surface area (Å²) in [6, 6.07) is 0. The van der Waals surface area contributed by atoms with Crippen LogP contribution < -0.4 is 0 Å². The van der Waals surface area contributed by atoms with Gasteiger partial charge >= 0.3 is 37.9 Å². The molecule has 11 atom stereocenters. The summed E-state index contributed by atoms with van der Waals surface area (Å²) < 4.78 is 0. The van der Waals surface area contributed by atoms with Crippen LogP contribution in [0.2, 0.25) is 24.2 Å². The Morgan fingerprint density at radius 3 is 1.89 bits per heavy atom. The van der Waals surface area contributed by atoms with Gasteiger partial charge in [0, 0.05) is 10.5 Å². The van der Waals surface area contributed by atoms with E-state index in [1.54, 1.807) is 9.81 Å². The first-order valence-corrected chi connectivity index (χ1v) is 24.8. The van der Waals surface area contributed by atoms with E-state index in [-0.39, 0.29) is 22.3 Å². The van der Waals surface area contributed by atoms with Gasteiger partial charge in [0.15, 0.2) is 0 Å². The van der Waals surface area contributed by atoms with Gasteiger partial charge in [0.1, 0.15) is 0 Å². The predicted octanol–water partition coefficient (Wildman–Crippen LogP) is 11.5. The van der Waals surface area contributed by atoms with Crippen LogP contribution in [-0.2, 0) is 20.8 Å². The van der Waals surface area contributed by atoms with Crippen molar-refractivity contribution in [2.24, 2.45) is 47.3 Å². The van der Waals surface area contributed by atoms with Crippen LogP contribution in [0.1, 0.15) is 60.8 Å². The minimum atomic E-state index is -1.47. The second-order valence-corrected chi connectivity index (χ2v) is 24.5. The number of rotatable bonds is 2. The van der Waals surface area contributed by atoms with E-state index in [9.17, 15) is 0 Å². The van der Waals surface area contributed by atoms with Crippen LogP contribution in [0.15, 0.2) is 34.1 Å². The number of hydrogen-bond donors (Lipinski definition) is 0. The van der Waals surface area contributed by atoms with Crippen molar-refractivity contribution >= 4 is 48.6 Å². The Balaban J connectivity index is 0.000000767. The average molecular weight is 679 g/mol. The standard InChI is InChI=1S/C28H42S2Si.CH4.2CH3.2ClH.Zr/c1-15-7-8-19-9-10-20-22(21(19)11-15)12-16(2)27(20)31(5,6)28-25-23(13-17(3)29-25)24-14-18(4)30-26(24)28;;;;;;/h9-10,13-16,19-28H,7-8,11-12H2,1-6H3;1H4;2*1H3;2*1H;/q;;2*-1;;;+4/p-2. The molecule has 3 saturated carbocycles. The number of allylic oxidation sites excluding steroid dienone is 6. The summed E-state index contributed by atoms with van der Waals surface area (Å²) in [6.45, 7) is 15.6. The second kappa shape index (κ2) is 13.7. The molecule has 0 amide bonds. The average Bonchev–Trinajstić information content (AvgIpc) is 3.47. The normalized spacial score (nSPS) is 44.6. The SMILES string of the molecule is C.CC1=CC2C3C=C(C)SC3C([Si](C)(C)C3C(C)CC4C3C=CC3CCC(C)CC34)C2S1.[CH3-].[CH3-].[Cl][Zr+2][Cl]. The molecule has 0 nitrogen and oxygen atoms in total. The molecule has 2 heterocycles. The van der Waals surface area contributed by atoms with Crippen LogP contribution in [0.5, 0.6) is 0 Å². The Kier molecular flexibility index (Phi) is 12.9. The van der Waals surface area contributed by atoms with E-state index in [4.69, 9.17) is 17.0 Å². The summed E-state index contributed by atoms with van der Waals surface area (Å²) in [5.74, 6) is 7.29. The van der Waals surface area contributed by atoms with Crippen molar-refractivity contribution < 1.29 is 20.8 Å². The van der Waals surface area contributed by atoms with E-state index < -0.39 is 28.9 Å². The first kappa shape index (κ1) is 34.8. The van der Waals surface area contributed by atoms with E-state index >= 15 is 0 Å². The van der Waals surface area contributed by atoms with Gasteiger partial charge in [-0.3, -0.25) is 0 Å². The van der Waals surface area contributed by atoms with Crippen LogP contribution in [0.3, 0.4) is 0 Å². The van der Waals surface area contributed by atoms with Gasteiger partial charge in [-0.25, -0.2) is 0 Å². The van der Waals surface area contributed by atoms with E-state index in [0.29, 0.717) is 0 Å². The third-order valence-electron chi connectivity index (χ3n) is 10.6. The third-order valence-corrected chi connectivity index (χ3v) is 19.0. The Morgan fingerprint density at radius 2 is 1.35 bits per heavy atom. The molecule has 0 bridgehead atoms. The maximum atomic E-state index is 4.93. The van der Waals surface area contributed by atoms with E-state index in [1.807, 2.05) is 0 Å². The molecule has 0 saturated heterocycles. The van der Waals surface area contributed by atoms with Gasteiger partial charge in [-0.1, -0.05) is 65.1 Å². The van der Waals surface area contributed by atoms with Gasteiger partial charge in [-0.2, -0.15) is 0 Å². The first-order chi connectivity index (χ1) is 16.2. The Morgan fingerprint density at radius 1 is 0.811 bits per heavy atom. The number of hydrogen-bond acceptors (Lipinski definition) is 2. The van der Waals surface area contributed by atoms with Gasteiger partial charge < -0.3 is 14.9 Å². The van der Waals surface area contributed by atoms with Crippen molar-refractivity contribution in [1.82, 2.24) is 0 Å². The molecule has 6 rings (SSSR count). The topological polar surface area (TPSA) is 0 Å². The Hall–Kier alpha value is 1.60. The second-order valence-electron chi connectivity index (χ2n) is 12.9. The van der Waals surface area contributed by atoms with Crippen LogP contribution in [-0.4, -0.2) is 18.6 Å². The first-order valence-electron chi connectivity index (χ1n) is 13.5. The molecule has 4 aliphatic carbocycles. The van der Waals surface area contributed by atoms with E-state index in [1.165, 1.54) is 25.7 Å². The quantitative estimate of drug-likeness (QED) is 0.162. The Bertz CT molecular complexity index is 841. The fourth-order valence-electron chi connectivity index (χ4n) is 9.72. The fourth-order valence-corrected chi connectivity index (χ4v) is 20.7. The molecule has 37 heavy (non-hydrogen) atoms. The van der Waals surface area contributed by atoms with Crippen molar-refractivity contribution in [2.75, 3.05) is 0 Å². The van der Waals surface area contributed by atoms with Crippen LogP contribution in [0.25, 0.3) is 0 Å². The third kappa shape index (κ3) is 6.21. The molecular weight excluding hydrogens is 627 g/mol. The number of thioether (sulfide) groups is 2. The molecule has 2 aliphatic heterocycles. The fraction of sp³-hybridized carbons (Fsp3) is 0.742. The van der Waals surface area contributed by atoms with Crippen molar-refractivity contribution in [3.8, 4) is 0 Å². The van der Waals surface area contributed by atoms with Gasteiger partial charge in [-0.15, -0.1) is 23.5 Å². The van der Waals surface area contributed by atoms with Gasteiger partial charge in [0.05, 0.1) is 8.07 Å². The van der Waals surface area contributed by atoms with Gasteiger partial charge in [-0.05, 0) is 101 Å². The molecular formula is C31H52Cl2S2SiZr. The Labute approximate surface area is 259 Å². The maximum absolute atomic E-state index is 4.93. The summed E-state index contributed by atoms with van der Waals surface area (Å²) in [6.07, 6.45) is 16.8. The molecule has 3 fully saturated rings. The van der Waals surface area contributed by atoms with Crippen molar-refractivity contribution in [3.63, 3.8) is 0 Å². The zero-order chi connectivity index (χ0) is 24.4. The molecule has 0 N–H and O–H groups in total. The van der Waals surface area contributed by atoms with E-state index in [2.05, 4.69) is 88.6 Å². The number of halogens is 2. The van der Waals surface area contributed by atoms with Crippen LogP contribution >= 0.6 is 40.5 Å². The summed E-state index contributed by atoms with van der Waals surface area (Å²) in [5.41, 5.74) is 1.95. The summed E-state index contributed by atoms with van der Waals surface area (Å²) in [5, 5.41) is 1.74. The molecule has 0 aromatic carbocycles. The molecule has 6 aliphatic rings. The van der Waals surface area contributed by atoms with E-state index in [0.717, 1.165) is 68.9 Å².